The third kappa shape index (κ3) is 3.31. The Morgan fingerprint density at radius 2 is 1.76 bits per heavy atom. The number of fused-ring (bicyclic) bond motifs is 1. The maximum atomic E-state index is 13.2. The number of nitrogens with one attached hydrogen (secondary N) is 1. The summed E-state index contributed by atoms with van der Waals surface area (Å²) in [6.45, 7) is 10.2. The van der Waals surface area contributed by atoms with Gasteiger partial charge < -0.3 is 9.13 Å². The van der Waals surface area contributed by atoms with E-state index in [1.807, 2.05) is 66.9 Å². The van der Waals surface area contributed by atoms with Gasteiger partial charge in [0.2, 0.25) is 5.95 Å². The largest absolute Gasteiger partial charge is 0.305 e. The lowest BCUT2D eigenvalue weighted by Gasteiger charge is -2.24. The van der Waals surface area contributed by atoms with E-state index in [2.05, 4.69) is 40.6 Å². The van der Waals surface area contributed by atoms with Crippen LogP contribution in [0.3, 0.4) is 0 Å². The number of hydrogen-bond donors (Lipinski definition) is 1. The zero-order valence-corrected chi connectivity index (χ0v) is 17.4. The van der Waals surface area contributed by atoms with Crippen LogP contribution in [0.5, 0.6) is 0 Å². The molecular weight excluding hydrogens is 362 g/mol. The molecule has 0 bridgehead atoms. The van der Waals surface area contributed by atoms with Crippen LogP contribution in [0.15, 0.2) is 54.7 Å². The van der Waals surface area contributed by atoms with Crippen LogP contribution in [-0.2, 0) is 5.54 Å². The van der Waals surface area contributed by atoms with Gasteiger partial charge in [-0.05, 0) is 65.0 Å². The van der Waals surface area contributed by atoms with E-state index in [1.165, 1.54) is 0 Å². The zero-order chi connectivity index (χ0) is 20.8. The minimum absolute atomic E-state index is 0.180. The van der Waals surface area contributed by atoms with Gasteiger partial charge in [-0.25, -0.2) is 9.97 Å². The summed E-state index contributed by atoms with van der Waals surface area (Å²) >= 11 is 0. The van der Waals surface area contributed by atoms with Crippen molar-refractivity contribution < 1.29 is 4.79 Å². The van der Waals surface area contributed by atoms with Crippen LogP contribution in [-0.4, -0.2) is 25.0 Å². The number of para-hydroxylation sites is 2. The molecule has 4 rings (SSSR count). The van der Waals surface area contributed by atoms with Gasteiger partial charge in [-0.1, -0.05) is 18.2 Å². The Kier molecular flexibility index (Phi) is 4.49. The quantitative estimate of drug-likeness (QED) is 0.547. The first-order valence-corrected chi connectivity index (χ1v) is 9.67. The van der Waals surface area contributed by atoms with Gasteiger partial charge in [-0.3, -0.25) is 10.1 Å². The molecule has 0 atom stereocenters. The standard InChI is InChI=1S/C23H25N5O/c1-15-14-17(16(2)27(15)20-12-8-9-13-24-20)21(29)26-22-25-18-10-6-7-11-19(18)28(22)23(3,4)5/h6-14H,1-5H3,(H,25,26,29). The molecular formula is C23H25N5O. The Labute approximate surface area is 170 Å². The molecule has 4 aromatic rings. The molecule has 0 spiro atoms. The van der Waals surface area contributed by atoms with Crippen molar-refractivity contribution in [2.24, 2.45) is 0 Å². The van der Waals surface area contributed by atoms with Gasteiger partial charge in [0.15, 0.2) is 0 Å². The fraction of sp³-hybridized carbons (Fsp3) is 0.261. The van der Waals surface area contributed by atoms with E-state index in [1.54, 1.807) is 6.20 Å². The molecule has 3 aromatic heterocycles. The number of aromatic nitrogens is 4. The van der Waals surface area contributed by atoms with E-state index in [-0.39, 0.29) is 11.4 Å². The number of imidazole rings is 1. The number of nitrogens with zero attached hydrogens (tertiary/aromatic N) is 4. The van der Waals surface area contributed by atoms with Crippen LogP contribution in [0.2, 0.25) is 0 Å². The topological polar surface area (TPSA) is 64.7 Å². The Morgan fingerprint density at radius 1 is 1.03 bits per heavy atom. The number of amides is 1. The zero-order valence-electron chi connectivity index (χ0n) is 17.4. The van der Waals surface area contributed by atoms with E-state index in [4.69, 9.17) is 0 Å². The molecule has 3 heterocycles. The summed E-state index contributed by atoms with van der Waals surface area (Å²) in [4.78, 5) is 22.3. The summed E-state index contributed by atoms with van der Waals surface area (Å²) in [5.74, 6) is 1.16. The number of pyridine rings is 1. The number of carbonyl (C=O) groups is 1. The Morgan fingerprint density at radius 3 is 2.45 bits per heavy atom. The highest BCUT2D eigenvalue weighted by molar-refractivity contribution is 6.05. The average Bonchev–Trinajstić information content (AvgIpc) is 3.18. The number of carbonyl (C=O) groups excluding carboxylic acids is 1. The van der Waals surface area contributed by atoms with Crippen LogP contribution < -0.4 is 5.32 Å². The van der Waals surface area contributed by atoms with Gasteiger partial charge in [0.05, 0.1) is 16.6 Å². The van der Waals surface area contributed by atoms with Crippen molar-refractivity contribution in [3.63, 3.8) is 0 Å². The molecule has 0 aliphatic carbocycles. The van der Waals surface area contributed by atoms with Crippen LogP contribution >= 0.6 is 0 Å². The van der Waals surface area contributed by atoms with Crippen molar-refractivity contribution >= 4 is 22.9 Å². The first-order chi connectivity index (χ1) is 13.8. The van der Waals surface area contributed by atoms with Crippen LogP contribution in [0.1, 0.15) is 42.5 Å². The van der Waals surface area contributed by atoms with E-state index in [9.17, 15) is 4.79 Å². The van der Waals surface area contributed by atoms with E-state index < -0.39 is 0 Å². The van der Waals surface area contributed by atoms with Gasteiger partial charge in [0.1, 0.15) is 5.82 Å². The summed E-state index contributed by atoms with van der Waals surface area (Å²) in [5, 5.41) is 3.03. The maximum absolute atomic E-state index is 13.2. The smallest absolute Gasteiger partial charge is 0.259 e. The molecule has 0 saturated heterocycles. The summed E-state index contributed by atoms with van der Waals surface area (Å²) < 4.78 is 4.06. The number of rotatable bonds is 3. The number of benzene rings is 1. The lowest BCUT2D eigenvalue weighted by atomic mass is 10.1. The predicted molar refractivity (Wildman–Crippen MR) is 116 cm³/mol. The van der Waals surface area contributed by atoms with Crippen LogP contribution in [0.25, 0.3) is 16.9 Å². The lowest BCUT2D eigenvalue weighted by molar-refractivity contribution is 0.102. The minimum atomic E-state index is -0.233. The molecule has 0 radical (unpaired) electrons. The molecule has 29 heavy (non-hydrogen) atoms. The van der Waals surface area contributed by atoms with E-state index in [0.717, 1.165) is 28.2 Å². The van der Waals surface area contributed by atoms with Gasteiger partial charge in [0.25, 0.3) is 5.91 Å². The third-order valence-electron chi connectivity index (χ3n) is 5.01. The minimum Gasteiger partial charge on any atom is -0.305 e. The van der Waals surface area contributed by atoms with Gasteiger partial charge in [0, 0.05) is 23.1 Å². The highest BCUT2D eigenvalue weighted by Gasteiger charge is 2.24. The average molecular weight is 387 g/mol. The number of aryl methyl sites for hydroxylation is 1. The summed E-state index contributed by atoms with van der Waals surface area (Å²) in [5.41, 5.74) is 4.03. The molecule has 0 fully saturated rings. The summed E-state index contributed by atoms with van der Waals surface area (Å²) in [6.07, 6.45) is 1.75. The van der Waals surface area contributed by atoms with Gasteiger partial charge >= 0.3 is 0 Å². The molecule has 0 saturated carbocycles. The van der Waals surface area contributed by atoms with Crippen LogP contribution in [0, 0.1) is 13.8 Å². The SMILES string of the molecule is Cc1cc(C(=O)Nc2nc3ccccc3n2C(C)(C)C)c(C)n1-c1ccccn1. The normalized spacial score (nSPS) is 11.8. The molecule has 6 heteroatoms. The van der Waals surface area contributed by atoms with Crippen molar-refractivity contribution in [3.8, 4) is 5.82 Å². The lowest BCUT2D eigenvalue weighted by Crippen LogP contribution is -2.26. The molecule has 148 valence electrons. The molecule has 1 aromatic carbocycles. The first kappa shape index (κ1) is 18.9. The van der Waals surface area contributed by atoms with E-state index >= 15 is 0 Å². The fourth-order valence-corrected chi connectivity index (χ4v) is 3.79. The Hall–Kier alpha value is -3.41. The van der Waals surface area contributed by atoms with Crippen molar-refractivity contribution in [1.82, 2.24) is 19.1 Å². The highest BCUT2D eigenvalue weighted by atomic mass is 16.1. The van der Waals surface area contributed by atoms with Crippen molar-refractivity contribution in [2.45, 2.75) is 40.2 Å². The Balaban J connectivity index is 1.75. The molecule has 0 aliphatic rings. The summed E-state index contributed by atoms with van der Waals surface area (Å²) in [7, 11) is 0. The molecule has 0 unspecified atom stereocenters. The first-order valence-electron chi connectivity index (χ1n) is 9.67. The number of anilines is 1. The van der Waals surface area contributed by atoms with Gasteiger partial charge in [-0.15, -0.1) is 0 Å². The van der Waals surface area contributed by atoms with Crippen molar-refractivity contribution in [2.75, 3.05) is 5.32 Å². The second-order valence-corrected chi connectivity index (χ2v) is 8.19. The fourth-order valence-electron chi connectivity index (χ4n) is 3.79. The molecule has 1 N–H and O–H groups in total. The third-order valence-corrected chi connectivity index (χ3v) is 5.01. The number of hydrogen-bond acceptors (Lipinski definition) is 3. The van der Waals surface area contributed by atoms with E-state index in [0.29, 0.717) is 11.5 Å². The molecule has 1 amide bonds. The Bertz CT molecular complexity index is 1200. The van der Waals surface area contributed by atoms with Crippen molar-refractivity contribution in [1.29, 1.82) is 0 Å². The van der Waals surface area contributed by atoms with Crippen molar-refractivity contribution in [3.05, 3.63) is 71.7 Å². The monoisotopic (exact) mass is 387 g/mol. The maximum Gasteiger partial charge on any atom is 0.259 e. The summed E-state index contributed by atoms with van der Waals surface area (Å²) in [6, 6.07) is 15.6. The molecule has 0 aliphatic heterocycles. The van der Waals surface area contributed by atoms with Gasteiger partial charge in [-0.2, -0.15) is 0 Å². The predicted octanol–water partition coefficient (Wildman–Crippen LogP) is 4.85. The highest BCUT2D eigenvalue weighted by Crippen LogP contribution is 2.29. The van der Waals surface area contributed by atoms with Crippen LogP contribution in [0.4, 0.5) is 5.95 Å². The second kappa shape index (κ2) is 6.88. The molecule has 6 nitrogen and oxygen atoms in total. The second-order valence-electron chi connectivity index (χ2n) is 8.19.